The maximum absolute atomic E-state index is 6.64. The van der Waals surface area contributed by atoms with Gasteiger partial charge in [-0.15, -0.1) is 0 Å². The highest BCUT2D eigenvalue weighted by Crippen LogP contribution is 2.54. The number of hydrogen-bond donors (Lipinski definition) is 0. The molecule has 1 heterocycles. The van der Waals surface area contributed by atoms with Crippen LogP contribution in [0.2, 0.25) is 0 Å². The van der Waals surface area contributed by atoms with Crippen LogP contribution in [0, 0.1) is 27.7 Å². The molecule has 1 aliphatic rings. The normalized spacial score (nSPS) is 13.0. The van der Waals surface area contributed by atoms with Crippen molar-refractivity contribution in [2.24, 2.45) is 0 Å². The fourth-order valence-corrected chi connectivity index (χ4v) is 5.58. The molecule has 0 fully saturated rings. The Labute approximate surface area is 214 Å². The smallest absolute Gasteiger partial charge is 0.152 e. The molecule has 2 nitrogen and oxygen atoms in total. The van der Waals surface area contributed by atoms with Crippen molar-refractivity contribution in [2.45, 2.75) is 53.9 Å². The third-order valence-electron chi connectivity index (χ3n) is 7.53. The molecule has 0 atom stereocenters. The van der Waals surface area contributed by atoms with Crippen LogP contribution in [0.25, 0.3) is 21.5 Å². The molecule has 0 saturated carbocycles. The lowest BCUT2D eigenvalue weighted by Gasteiger charge is -2.36. The number of anilines is 3. The second-order valence-corrected chi connectivity index (χ2v) is 11.4. The summed E-state index contributed by atoms with van der Waals surface area (Å²) in [6.45, 7) is 15.6. The largest absolute Gasteiger partial charge is 0.453 e. The van der Waals surface area contributed by atoms with E-state index >= 15 is 0 Å². The number of benzene rings is 5. The molecule has 6 rings (SSSR count). The van der Waals surface area contributed by atoms with E-state index in [0.29, 0.717) is 0 Å². The summed E-state index contributed by atoms with van der Waals surface area (Å²) in [7, 11) is 0. The molecule has 0 bridgehead atoms. The summed E-state index contributed by atoms with van der Waals surface area (Å²) in [5.74, 6) is 1.79. The zero-order chi connectivity index (χ0) is 25.4. The minimum atomic E-state index is 0.0935. The quantitative estimate of drug-likeness (QED) is 0.236. The average molecular weight is 472 g/mol. The van der Waals surface area contributed by atoms with Crippen molar-refractivity contribution in [3.8, 4) is 11.5 Å². The molecule has 0 saturated heterocycles. The maximum atomic E-state index is 6.64. The van der Waals surface area contributed by atoms with E-state index in [2.05, 4.69) is 126 Å². The van der Waals surface area contributed by atoms with Gasteiger partial charge in [-0.05, 0) is 101 Å². The SMILES string of the molecule is Cc1ccc2cc3c(cc2c1)Oc1cc2cccc(C)c2cc1N3c1c(C)cc(C(C)(C)C)cc1C. The van der Waals surface area contributed by atoms with Crippen LogP contribution in [-0.2, 0) is 5.41 Å². The van der Waals surface area contributed by atoms with E-state index in [1.807, 2.05) is 0 Å². The van der Waals surface area contributed by atoms with E-state index in [0.717, 1.165) is 22.9 Å². The number of nitrogens with zero attached hydrogens (tertiary/aromatic N) is 1. The molecule has 5 aromatic carbocycles. The minimum Gasteiger partial charge on any atom is -0.453 e. The van der Waals surface area contributed by atoms with Gasteiger partial charge in [0.25, 0.3) is 0 Å². The van der Waals surface area contributed by atoms with E-state index in [4.69, 9.17) is 4.74 Å². The van der Waals surface area contributed by atoms with E-state index < -0.39 is 0 Å². The highest BCUT2D eigenvalue weighted by molar-refractivity contribution is 6.00. The lowest BCUT2D eigenvalue weighted by Crippen LogP contribution is -2.19. The molecule has 0 unspecified atom stereocenters. The second-order valence-electron chi connectivity index (χ2n) is 11.4. The van der Waals surface area contributed by atoms with E-state index in [9.17, 15) is 0 Å². The molecule has 36 heavy (non-hydrogen) atoms. The Bertz CT molecular complexity index is 1650. The predicted molar refractivity (Wildman–Crippen MR) is 154 cm³/mol. The minimum absolute atomic E-state index is 0.0935. The highest BCUT2D eigenvalue weighted by Gasteiger charge is 2.30. The van der Waals surface area contributed by atoms with Crippen molar-refractivity contribution in [3.05, 3.63) is 101 Å². The van der Waals surface area contributed by atoms with Crippen molar-refractivity contribution in [3.63, 3.8) is 0 Å². The van der Waals surface area contributed by atoms with Crippen molar-refractivity contribution in [2.75, 3.05) is 4.90 Å². The standard InChI is InChI=1S/C34H33NO/c1-20-11-12-24-16-29-32(18-26(24)13-20)36-31-17-25-10-8-9-21(2)28(25)19-30(31)35(29)33-22(3)14-27(15-23(33)4)34(5,6)7/h8-19H,1-7H3. The van der Waals surface area contributed by atoms with Crippen molar-refractivity contribution in [1.29, 1.82) is 0 Å². The third kappa shape index (κ3) is 3.55. The molecule has 180 valence electrons. The first kappa shape index (κ1) is 22.7. The van der Waals surface area contributed by atoms with Crippen LogP contribution in [0.3, 0.4) is 0 Å². The van der Waals surface area contributed by atoms with Crippen LogP contribution in [0.4, 0.5) is 17.1 Å². The fourth-order valence-electron chi connectivity index (χ4n) is 5.58. The highest BCUT2D eigenvalue weighted by atomic mass is 16.5. The summed E-state index contributed by atoms with van der Waals surface area (Å²) >= 11 is 0. The molecule has 5 aromatic rings. The zero-order valence-electron chi connectivity index (χ0n) is 22.3. The van der Waals surface area contributed by atoms with Gasteiger partial charge in [0.15, 0.2) is 11.5 Å². The van der Waals surface area contributed by atoms with Crippen molar-refractivity contribution >= 4 is 38.6 Å². The van der Waals surface area contributed by atoms with Crippen LogP contribution in [-0.4, -0.2) is 0 Å². The Morgan fingerprint density at radius 1 is 0.611 bits per heavy atom. The van der Waals surface area contributed by atoms with E-state index in [1.165, 1.54) is 55.0 Å². The van der Waals surface area contributed by atoms with Gasteiger partial charge in [0.1, 0.15) is 0 Å². The third-order valence-corrected chi connectivity index (χ3v) is 7.53. The Kier molecular flexibility index (Phi) is 4.95. The molecule has 0 aromatic heterocycles. The Morgan fingerprint density at radius 3 is 1.97 bits per heavy atom. The summed E-state index contributed by atoms with van der Waals surface area (Å²) in [6.07, 6.45) is 0. The number of ether oxygens (including phenoxy) is 1. The van der Waals surface area contributed by atoms with Crippen LogP contribution in [0.5, 0.6) is 11.5 Å². The van der Waals surface area contributed by atoms with Gasteiger partial charge in [-0.2, -0.15) is 0 Å². The fraction of sp³-hybridized carbons (Fsp3) is 0.235. The second kappa shape index (κ2) is 7.86. The summed E-state index contributed by atoms with van der Waals surface area (Å²) in [6, 6.07) is 26.8. The van der Waals surface area contributed by atoms with E-state index in [-0.39, 0.29) is 5.41 Å². The predicted octanol–water partition coefficient (Wildman–Crippen LogP) is 10.1. The Hall–Kier alpha value is -3.78. The first-order valence-electron chi connectivity index (χ1n) is 12.8. The molecule has 0 radical (unpaired) electrons. The molecular formula is C34H33NO. The molecule has 0 amide bonds. The van der Waals surface area contributed by atoms with Crippen LogP contribution >= 0.6 is 0 Å². The molecule has 2 heteroatoms. The van der Waals surface area contributed by atoms with Crippen LogP contribution in [0.15, 0.2) is 72.8 Å². The lowest BCUT2D eigenvalue weighted by molar-refractivity contribution is 0.478. The lowest BCUT2D eigenvalue weighted by atomic mass is 9.84. The Balaban J connectivity index is 1.68. The Morgan fingerprint density at radius 2 is 1.28 bits per heavy atom. The van der Waals surface area contributed by atoms with Crippen LogP contribution < -0.4 is 9.64 Å². The van der Waals surface area contributed by atoms with Gasteiger partial charge in [-0.3, -0.25) is 0 Å². The van der Waals surface area contributed by atoms with Gasteiger partial charge in [0.2, 0.25) is 0 Å². The maximum Gasteiger partial charge on any atom is 0.152 e. The van der Waals surface area contributed by atoms with Gasteiger partial charge in [-0.1, -0.05) is 74.9 Å². The number of fused-ring (bicyclic) bond motifs is 4. The summed E-state index contributed by atoms with van der Waals surface area (Å²) in [5.41, 5.74) is 9.92. The van der Waals surface area contributed by atoms with Gasteiger partial charge in [0, 0.05) is 0 Å². The van der Waals surface area contributed by atoms with Gasteiger partial charge in [-0.25, -0.2) is 0 Å². The molecule has 0 N–H and O–H groups in total. The summed E-state index contributed by atoms with van der Waals surface area (Å²) < 4.78 is 6.64. The first-order valence-corrected chi connectivity index (χ1v) is 12.8. The van der Waals surface area contributed by atoms with Gasteiger partial charge in [0.05, 0.1) is 17.1 Å². The molecule has 1 aliphatic heterocycles. The van der Waals surface area contributed by atoms with Crippen molar-refractivity contribution < 1.29 is 4.74 Å². The number of hydrogen-bond acceptors (Lipinski definition) is 2. The number of rotatable bonds is 1. The summed E-state index contributed by atoms with van der Waals surface area (Å²) in [5, 5.41) is 4.87. The van der Waals surface area contributed by atoms with E-state index in [1.54, 1.807) is 0 Å². The van der Waals surface area contributed by atoms with Gasteiger partial charge < -0.3 is 9.64 Å². The first-order chi connectivity index (χ1) is 17.1. The molecular weight excluding hydrogens is 438 g/mol. The van der Waals surface area contributed by atoms with Crippen molar-refractivity contribution in [1.82, 2.24) is 0 Å². The zero-order valence-corrected chi connectivity index (χ0v) is 22.3. The summed E-state index contributed by atoms with van der Waals surface area (Å²) in [4.78, 5) is 2.43. The monoisotopic (exact) mass is 471 g/mol. The van der Waals surface area contributed by atoms with Gasteiger partial charge >= 0.3 is 0 Å². The topological polar surface area (TPSA) is 12.5 Å². The average Bonchev–Trinajstić information content (AvgIpc) is 2.80. The van der Waals surface area contributed by atoms with Crippen LogP contribution in [0.1, 0.15) is 48.6 Å². The molecule has 0 aliphatic carbocycles. The number of aryl methyl sites for hydroxylation is 4. The molecule has 0 spiro atoms.